The van der Waals surface area contributed by atoms with E-state index in [0.29, 0.717) is 0 Å². The fraction of sp³-hybridized carbons (Fsp3) is 0.353. The Kier molecular flexibility index (Phi) is 4.56. The summed E-state index contributed by atoms with van der Waals surface area (Å²) < 4.78 is 0. The third-order valence-corrected chi connectivity index (χ3v) is 3.33. The maximum atomic E-state index is 4.18. The number of nitrogens with one attached hydrogen (secondary N) is 1. The van der Waals surface area contributed by atoms with Gasteiger partial charge in [-0.05, 0) is 57.2 Å². The standard InChI is InChI=1S/C17H22N2/c1-13-9-10-16(14(2)11-13)7-5-4-6-8-17-12-18-15(3)19-17/h6,8-12H,4-5,7H2,1-3H3,(H,18,19)/b8-6+. The summed E-state index contributed by atoms with van der Waals surface area (Å²) in [6, 6.07) is 6.72. The van der Waals surface area contributed by atoms with Gasteiger partial charge in [0.15, 0.2) is 0 Å². The summed E-state index contributed by atoms with van der Waals surface area (Å²) in [6.07, 6.45) is 9.64. The molecule has 0 aliphatic rings. The van der Waals surface area contributed by atoms with Crippen LogP contribution in [0.3, 0.4) is 0 Å². The lowest BCUT2D eigenvalue weighted by Crippen LogP contribution is -1.90. The van der Waals surface area contributed by atoms with Gasteiger partial charge in [-0.1, -0.05) is 29.8 Å². The third kappa shape index (κ3) is 4.09. The van der Waals surface area contributed by atoms with Crippen LogP contribution in [0.15, 0.2) is 30.5 Å². The average molecular weight is 254 g/mol. The Morgan fingerprint density at radius 2 is 2.05 bits per heavy atom. The molecule has 2 rings (SSSR count). The van der Waals surface area contributed by atoms with Crippen LogP contribution in [0.4, 0.5) is 0 Å². The van der Waals surface area contributed by atoms with E-state index in [2.05, 4.69) is 54.2 Å². The Morgan fingerprint density at radius 1 is 1.21 bits per heavy atom. The Balaban J connectivity index is 1.79. The van der Waals surface area contributed by atoms with Crippen LogP contribution >= 0.6 is 0 Å². The third-order valence-electron chi connectivity index (χ3n) is 3.33. The summed E-state index contributed by atoms with van der Waals surface area (Å²) in [5.41, 5.74) is 5.31. The van der Waals surface area contributed by atoms with Crippen LogP contribution in [0.5, 0.6) is 0 Å². The number of aryl methyl sites for hydroxylation is 4. The average Bonchev–Trinajstić information content (AvgIpc) is 2.77. The topological polar surface area (TPSA) is 28.7 Å². The summed E-state index contributed by atoms with van der Waals surface area (Å²) in [5, 5.41) is 0. The number of hydrogen-bond acceptors (Lipinski definition) is 1. The molecule has 0 atom stereocenters. The van der Waals surface area contributed by atoms with E-state index in [0.717, 1.165) is 24.4 Å². The first kappa shape index (κ1) is 13.6. The van der Waals surface area contributed by atoms with Crippen LogP contribution in [0.2, 0.25) is 0 Å². The highest BCUT2D eigenvalue weighted by atomic mass is 14.9. The molecule has 1 N–H and O–H groups in total. The maximum Gasteiger partial charge on any atom is 0.103 e. The quantitative estimate of drug-likeness (QED) is 0.788. The van der Waals surface area contributed by atoms with E-state index in [9.17, 15) is 0 Å². The minimum Gasteiger partial charge on any atom is -0.343 e. The summed E-state index contributed by atoms with van der Waals surface area (Å²) in [6.45, 7) is 6.31. The smallest absolute Gasteiger partial charge is 0.103 e. The van der Waals surface area contributed by atoms with Gasteiger partial charge in [0.2, 0.25) is 0 Å². The molecule has 0 bridgehead atoms. The number of rotatable bonds is 5. The minimum atomic E-state index is 0.968. The number of H-pyrrole nitrogens is 1. The lowest BCUT2D eigenvalue weighted by Gasteiger charge is -2.05. The van der Waals surface area contributed by atoms with Crippen LogP contribution in [0.25, 0.3) is 6.08 Å². The Hall–Kier alpha value is -1.83. The zero-order chi connectivity index (χ0) is 13.7. The van der Waals surface area contributed by atoms with E-state index in [-0.39, 0.29) is 0 Å². The van der Waals surface area contributed by atoms with Gasteiger partial charge in [-0.2, -0.15) is 0 Å². The molecule has 0 aliphatic carbocycles. The molecule has 1 aromatic carbocycles. The molecule has 2 aromatic rings. The number of imidazole rings is 1. The van der Waals surface area contributed by atoms with E-state index < -0.39 is 0 Å². The molecule has 2 nitrogen and oxygen atoms in total. The SMILES string of the molecule is Cc1ccc(CCC/C=C/c2cnc(C)[nH]2)c(C)c1. The fourth-order valence-corrected chi connectivity index (χ4v) is 2.27. The maximum absolute atomic E-state index is 4.18. The van der Waals surface area contributed by atoms with Gasteiger partial charge < -0.3 is 4.98 Å². The van der Waals surface area contributed by atoms with Crippen molar-refractivity contribution in [1.29, 1.82) is 0 Å². The Morgan fingerprint density at radius 3 is 2.74 bits per heavy atom. The van der Waals surface area contributed by atoms with Gasteiger partial charge in [0.1, 0.15) is 5.82 Å². The largest absolute Gasteiger partial charge is 0.343 e. The Labute approximate surface area is 115 Å². The predicted molar refractivity (Wildman–Crippen MR) is 81.2 cm³/mol. The molecule has 0 amide bonds. The van der Waals surface area contributed by atoms with Crippen molar-refractivity contribution in [3.63, 3.8) is 0 Å². The highest BCUT2D eigenvalue weighted by Gasteiger charge is 1.97. The van der Waals surface area contributed by atoms with Gasteiger partial charge in [-0.25, -0.2) is 4.98 Å². The van der Waals surface area contributed by atoms with Crippen molar-refractivity contribution in [3.8, 4) is 0 Å². The first-order chi connectivity index (χ1) is 9.15. The number of allylic oxidation sites excluding steroid dienone is 1. The molecular weight excluding hydrogens is 232 g/mol. The molecule has 0 saturated carbocycles. The fourth-order valence-electron chi connectivity index (χ4n) is 2.27. The molecule has 0 saturated heterocycles. The summed E-state index contributed by atoms with van der Waals surface area (Å²) in [4.78, 5) is 7.38. The molecule has 0 radical (unpaired) electrons. The van der Waals surface area contributed by atoms with Crippen LogP contribution < -0.4 is 0 Å². The van der Waals surface area contributed by atoms with Gasteiger partial charge >= 0.3 is 0 Å². The van der Waals surface area contributed by atoms with Gasteiger partial charge in [0, 0.05) is 0 Å². The van der Waals surface area contributed by atoms with Crippen LogP contribution in [-0.2, 0) is 6.42 Å². The molecule has 0 unspecified atom stereocenters. The first-order valence-corrected chi connectivity index (χ1v) is 6.89. The second-order valence-electron chi connectivity index (χ2n) is 5.15. The number of aromatic nitrogens is 2. The van der Waals surface area contributed by atoms with E-state index >= 15 is 0 Å². The lowest BCUT2D eigenvalue weighted by atomic mass is 10.0. The monoisotopic (exact) mass is 254 g/mol. The van der Waals surface area contributed by atoms with E-state index in [1.807, 2.05) is 13.1 Å². The number of benzene rings is 1. The van der Waals surface area contributed by atoms with Crippen molar-refractivity contribution in [1.82, 2.24) is 9.97 Å². The lowest BCUT2D eigenvalue weighted by molar-refractivity contribution is 0.839. The molecule has 2 heteroatoms. The normalized spacial score (nSPS) is 11.3. The number of nitrogens with zero attached hydrogens (tertiary/aromatic N) is 1. The van der Waals surface area contributed by atoms with Crippen molar-refractivity contribution < 1.29 is 0 Å². The van der Waals surface area contributed by atoms with Crippen molar-refractivity contribution in [2.75, 3.05) is 0 Å². The van der Waals surface area contributed by atoms with Crippen LogP contribution in [0.1, 0.15) is 41.1 Å². The second kappa shape index (κ2) is 6.37. The molecule has 100 valence electrons. The number of aromatic amines is 1. The molecule has 1 aromatic heterocycles. The van der Waals surface area contributed by atoms with Gasteiger partial charge in [0.25, 0.3) is 0 Å². The molecular formula is C17H22N2. The molecule has 19 heavy (non-hydrogen) atoms. The highest BCUT2D eigenvalue weighted by Crippen LogP contribution is 2.13. The second-order valence-corrected chi connectivity index (χ2v) is 5.15. The van der Waals surface area contributed by atoms with Crippen molar-refractivity contribution >= 4 is 6.08 Å². The number of unbranched alkanes of at least 4 members (excludes halogenated alkanes) is 1. The van der Waals surface area contributed by atoms with E-state index in [1.54, 1.807) is 0 Å². The summed E-state index contributed by atoms with van der Waals surface area (Å²) >= 11 is 0. The molecule has 1 heterocycles. The van der Waals surface area contributed by atoms with Crippen LogP contribution in [0, 0.1) is 20.8 Å². The summed E-state index contributed by atoms with van der Waals surface area (Å²) in [5.74, 6) is 0.968. The van der Waals surface area contributed by atoms with E-state index in [1.165, 1.54) is 23.1 Å². The zero-order valence-corrected chi connectivity index (χ0v) is 12.0. The molecule has 0 spiro atoms. The molecule has 0 aliphatic heterocycles. The Bertz CT molecular complexity index is 564. The van der Waals surface area contributed by atoms with Crippen molar-refractivity contribution in [2.45, 2.75) is 40.0 Å². The van der Waals surface area contributed by atoms with Gasteiger partial charge in [-0.3, -0.25) is 0 Å². The van der Waals surface area contributed by atoms with Crippen molar-refractivity contribution in [3.05, 3.63) is 58.7 Å². The molecule has 0 fully saturated rings. The first-order valence-electron chi connectivity index (χ1n) is 6.89. The van der Waals surface area contributed by atoms with Crippen LogP contribution in [-0.4, -0.2) is 9.97 Å². The zero-order valence-electron chi connectivity index (χ0n) is 12.0. The van der Waals surface area contributed by atoms with Crippen molar-refractivity contribution in [2.24, 2.45) is 0 Å². The highest BCUT2D eigenvalue weighted by molar-refractivity contribution is 5.43. The number of hydrogen-bond donors (Lipinski definition) is 1. The van der Waals surface area contributed by atoms with E-state index in [4.69, 9.17) is 0 Å². The van der Waals surface area contributed by atoms with Gasteiger partial charge in [-0.15, -0.1) is 0 Å². The predicted octanol–water partition coefficient (Wildman–Crippen LogP) is 4.37. The minimum absolute atomic E-state index is 0.968. The van der Waals surface area contributed by atoms with Gasteiger partial charge in [0.05, 0.1) is 11.9 Å². The summed E-state index contributed by atoms with van der Waals surface area (Å²) in [7, 11) is 0.